The Morgan fingerprint density at radius 1 is 1.13 bits per heavy atom. The van der Waals surface area contributed by atoms with Gasteiger partial charge in [-0.05, 0) is 59.9 Å². The van der Waals surface area contributed by atoms with Gasteiger partial charge in [-0.1, -0.05) is 33.8 Å². The van der Waals surface area contributed by atoms with E-state index in [0.717, 1.165) is 38.2 Å². The zero-order chi connectivity index (χ0) is 22.7. The molecule has 2 aromatic heterocycles. The van der Waals surface area contributed by atoms with Crippen LogP contribution < -0.4 is 4.74 Å². The fourth-order valence-electron chi connectivity index (χ4n) is 3.61. The molecule has 4 nitrogen and oxygen atoms in total. The van der Waals surface area contributed by atoms with E-state index in [0.29, 0.717) is 18.4 Å². The number of fused-ring (bicyclic) bond motifs is 1. The van der Waals surface area contributed by atoms with E-state index < -0.39 is 0 Å². The third kappa shape index (κ3) is 4.82. The number of methoxy groups -OCH3 is 1. The van der Waals surface area contributed by atoms with Gasteiger partial charge in [0.1, 0.15) is 5.75 Å². The smallest absolute Gasteiger partial charge is 0.330 e. The fraction of sp³-hybridized carbons (Fsp3) is 0.385. The van der Waals surface area contributed by atoms with E-state index in [2.05, 4.69) is 56.3 Å². The summed E-state index contributed by atoms with van der Waals surface area (Å²) >= 11 is 1.67. The lowest BCUT2D eigenvalue weighted by atomic mass is 9.89. The lowest BCUT2D eigenvalue weighted by Gasteiger charge is -2.20. The Bertz CT molecular complexity index is 1130. The van der Waals surface area contributed by atoms with Gasteiger partial charge in [0.15, 0.2) is 0 Å². The van der Waals surface area contributed by atoms with Crippen molar-refractivity contribution >= 4 is 33.0 Å². The minimum absolute atomic E-state index is 0.353. The Labute approximate surface area is 188 Å². The standard InChI is InChI=1S/C26H31NO3S/c1-8-30-26-19(16(4)5)10-18(15(2)3)11-21(26)22-14-31-24-13-27-23(12-20(22)24)17(6)9-25(28)29-7/h9-16H,8H2,1-7H3. The summed E-state index contributed by atoms with van der Waals surface area (Å²) in [4.78, 5) is 16.2. The van der Waals surface area contributed by atoms with Crippen LogP contribution in [0.3, 0.4) is 0 Å². The zero-order valence-corrected chi connectivity index (χ0v) is 20.2. The van der Waals surface area contributed by atoms with Crippen molar-refractivity contribution in [1.29, 1.82) is 0 Å². The van der Waals surface area contributed by atoms with Crippen LogP contribution in [0.1, 0.15) is 70.2 Å². The second-order valence-corrected chi connectivity index (χ2v) is 9.21. The number of hydrogen-bond acceptors (Lipinski definition) is 5. The molecule has 31 heavy (non-hydrogen) atoms. The number of ether oxygens (including phenoxy) is 2. The lowest BCUT2D eigenvalue weighted by molar-refractivity contribution is -0.134. The molecule has 0 aliphatic heterocycles. The molecule has 0 atom stereocenters. The van der Waals surface area contributed by atoms with Gasteiger partial charge >= 0.3 is 5.97 Å². The average Bonchev–Trinajstić information content (AvgIpc) is 3.16. The summed E-state index contributed by atoms with van der Waals surface area (Å²) in [5, 5.41) is 3.30. The molecule has 0 spiro atoms. The molecule has 0 amide bonds. The van der Waals surface area contributed by atoms with Gasteiger partial charge < -0.3 is 9.47 Å². The number of rotatable bonds is 7. The molecule has 164 valence electrons. The first kappa shape index (κ1) is 23.0. The summed E-state index contributed by atoms with van der Waals surface area (Å²) in [6.07, 6.45) is 3.35. The van der Waals surface area contributed by atoms with Crippen molar-refractivity contribution in [2.24, 2.45) is 0 Å². The minimum Gasteiger partial charge on any atom is -0.493 e. The number of carbonyl (C=O) groups is 1. The Hall–Kier alpha value is -2.66. The van der Waals surface area contributed by atoms with Gasteiger partial charge in [0.05, 0.1) is 24.1 Å². The SMILES string of the molecule is CCOc1c(-c2csc3cnc(C(C)=CC(=O)OC)cc23)cc(C(C)C)cc1C(C)C. The molecule has 3 rings (SSSR count). The average molecular weight is 438 g/mol. The fourth-order valence-corrected chi connectivity index (χ4v) is 4.52. The van der Waals surface area contributed by atoms with Crippen molar-refractivity contribution in [1.82, 2.24) is 4.98 Å². The largest absolute Gasteiger partial charge is 0.493 e. The first-order valence-corrected chi connectivity index (χ1v) is 11.6. The van der Waals surface area contributed by atoms with Crippen LogP contribution in [-0.2, 0) is 9.53 Å². The molecule has 0 fully saturated rings. The molecule has 1 aromatic carbocycles. The summed E-state index contributed by atoms with van der Waals surface area (Å²) < 4.78 is 12.1. The highest BCUT2D eigenvalue weighted by molar-refractivity contribution is 7.17. The highest BCUT2D eigenvalue weighted by Gasteiger charge is 2.20. The predicted molar refractivity (Wildman–Crippen MR) is 130 cm³/mol. The quantitative estimate of drug-likeness (QED) is 0.290. The molecule has 0 aliphatic rings. The van der Waals surface area contributed by atoms with Crippen molar-refractivity contribution < 1.29 is 14.3 Å². The molecule has 0 bridgehead atoms. The Balaban J connectivity index is 2.26. The Kier molecular flexibility index (Phi) is 7.16. The number of pyridine rings is 1. The molecule has 0 aliphatic carbocycles. The number of benzene rings is 1. The molecular weight excluding hydrogens is 406 g/mol. The highest BCUT2D eigenvalue weighted by Crippen LogP contribution is 2.44. The van der Waals surface area contributed by atoms with Gasteiger partial charge in [-0.3, -0.25) is 4.98 Å². The third-order valence-corrected chi connectivity index (χ3v) is 6.34. The van der Waals surface area contributed by atoms with E-state index in [4.69, 9.17) is 9.47 Å². The van der Waals surface area contributed by atoms with Gasteiger partial charge in [0, 0.05) is 28.8 Å². The van der Waals surface area contributed by atoms with E-state index >= 15 is 0 Å². The van der Waals surface area contributed by atoms with Crippen LogP contribution in [0.15, 0.2) is 35.9 Å². The molecule has 3 aromatic rings. The van der Waals surface area contributed by atoms with Crippen molar-refractivity contribution in [2.75, 3.05) is 13.7 Å². The van der Waals surface area contributed by atoms with Crippen molar-refractivity contribution in [2.45, 2.75) is 53.4 Å². The van der Waals surface area contributed by atoms with Gasteiger partial charge in [-0.15, -0.1) is 11.3 Å². The zero-order valence-electron chi connectivity index (χ0n) is 19.4. The Morgan fingerprint density at radius 3 is 2.48 bits per heavy atom. The molecule has 0 N–H and O–H groups in total. The van der Waals surface area contributed by atoms with Crippen LogP contribution in [0.4, 0.5) is 0 Å². The predicted octanol–water partition coefficient (Wildman–Crippen LogP) is 7.19. The molecular formula is C26H31NO3S. The van der Waals surface area contributed by atoms with Crippen molar-refractivity contribution in [3.8, 4) is 16.9 Å². The number of carbonyl (C=O) groups excluding carboxylic acids is 1. The normalized spacial score (nSPS) is 12.1. The maximum absolute atomic E-state index is 11.7. The summed E-state index contributed by atoms with van der Waals surface area (Å²) in [5.74, 6) is 1.35. The monoisotopic (exact) mass is 437 g/mol. The third-order valence-electron chi connectivity index (χ3n) is 5.41. The number of hydrogen-bond donors (Lipinski definition) is 0. The summed E-state index contributed by atoms with van der Waals surface area (Å²) in [5.41, 5.74) is 6.34. The van der Waals surface area contributed by atoms with Crippen LogP contribution in [0, 0.1) is 0 Å². The lowest BCUT2D eigenvalue weighted by Crippen LogP contribution is -2.03. The summed E-state index contributed by atoms with van der Waals surface area (Å²) in [6, 6.07) is 6.61. The topological polar surface area (TPSA) is 48.4 Å². The van der Waals surface area contributed by atoms with Gasteiger partial charge in [0.2, 0.25) is 0 Å². The summed E-state index contributed by atoms with van der Waals surface area (Å²) in [7, 11) is 1.38. The molecule has 0 saturated carbocycles. The van der Waals surface area contributed by atoms with Crippen LogP contribution in [0.5, 0.6) is 5.75 Å². The van der Waals surface area contributed by atoms with E-state index in [1.54, 1.807) is 11.3 Å². The maximum Gasteiger partial charge on any atom is 0.330 e. The molecule has 0 unspecified atom stereocenters. The van der Waals surface area contributed by atoms with Crippen LogP contribution >= 0.6 is 11.3 Å². The van der Waals surface area contributed by atoms with Crippen molar-refractivity contribution in [3.05, 3.63) is 52.7 Å². The van der Waals surface area contributed by atoms with E-state index in [-0.39, 0.29) is 5.97 Å². The first-order valence-electron chi connectivity index (χ1n) is 10.7. The number of nitrogens with zero attached hydrogens (tertiary/aromatic N) is 1. The number of esters is 1. The van der Waals surface area contributed by atoms with E-state index in [1.165, 1.54) is 24.3 Å². The number of allylic oxidation sites excluding steroid dienone is 1. The van der Waals surface area contributed by atoms with E-state index in [1.807, 2.05) is 20.0 Å². The number of thiophene rings is 1. The van der Waals surface area contributed by atoms with Gasteiger partial charge in [-0.25, -0.2) is 4.79 Å². The van der Waals surface area contributed by atoms with Crippen LogP contribution in [0.2, 0.25) is 0 Å². The van der Waals surface area contributed by atoms with Gasteiger partial charge in [0.25, 0.3) is 0 Å². The van der Waals surface area contributed by atoms with E-state index in [9.17, 15) is 4.79 Å². The summed E-state index contributed by atoms with van der Waals surface area (Å²) in [6.45, 7) is 13.4. The van der Waals surface area contributed by atoms with Gasteiger partial charge in [-0.2, -0.15) is 0 Å². The maximum atomic E-state index is 11.7. The Morgan fingerprint density at radius 2 is 1.87 bits per heavy atom. The van der Waals surface area contributed by atoms with Crippen LogP contribution in [0.25, 0.3) is 26.8 Å². The second-order valence-electron chi connectivity index (χ2n) is 8.29. The number of aromatic nitrogens is 1. The molecule has 5 heteroatoms. The van der Waals surface area contributed by atoms with Crippen molar-refractivity contribution in [3.63, 3.8) is 0 Å². The highest BCUT2D eigenvalue weighted by atomic mass is 32.1. The molecule has 0 radical (unpaired) electrons. The first-order chi connectivity index (χ1) is 14.8. The second kappa shape index (κ2) is 9.65. The molecule has 0 saturated heterocycles. The molecule has 2 heterocycles. The minimum atomic E-state index is -0.380. The van der Waals surface area contributed by atoms with Crippen LogP contribution in [-0.4, -0.2) is 24.7 Å².